The Bertz CT molecular complexity index is 953. The van der Waals surface area contributed by atoms with E-state index in [-0.39, 0.29) is 16.6 Å². The molecule has 1 aromatic carbocycles. The molecule has 0 bridgehead atoms. The van der Waals surface area contributed by atoms with Gasteiger partial charge in [0.05, 0.1) is 42.7 Å². The summed E-state index contributed by atoms with van der Waals surface area (Å²) < 4.78 is 38.2. The summed E-state index contributed by atoms with van der Waals surface area (Å²) in [4.78, 5) is 16.7. The maximum absolute atomic E-state index is 13.1. The quantitative estimate of drug-likeness (QED) is 0.306. The lowest BCUT2D eigenvalue weighted by Crippen LogP contribution is -2.45. The summed E-state index contributed by atoms with van der Waals surface area (Å²) in [5, 5.41) is 3.02. The van der Waals surface area contributed by atoms with Crippen molar-refractivity contribution in [2.75, 3.05) is 69.4 Å². The van der Waals surface area contributed by atoms with Gasteiger partial charge in [-0.15, -0.1) is 0 Å². The first-order valence-corrected chi connectivity index (χ1v) is 11.5. The molecule has 2 saturated heterocycles. The zero-order valence-corrected chi connectivity index (χ0v) is 18.4. The van der Waals surface area contributed by atoms with Crippen LogP contribution in [0.5, 0.6) is 0 Å². The molecular weight excluding hydrogens is 444 g/mol. The van der Waals surface area contributed by atoms with E-state index in [0.717, 1.165) is 5.69 Å². The second kappa shape index (κ2) is 10.7. The van der Waals surface area contributed by atoms with Crippen molar-refractivity contribution in [3.05, 3.63) is 29.6 Å². The average molecular weight is 469 g/mol. The molecule has 0 aromatic heterocycles. The minimum atomic E-state index is -3.70. The van der Waals surface area contributed by atoms with Gasteiger partial charge in [0.25, 0.3) is 6.54 Å². The van der Waals surface area contributed by atoms with Crippen molar-refractivity contribution in [3.63, 3.8) is 0 Å². The number of hydrazine groups is 1. The molecule has 2 heterocycles. The van der Waals surface area contributed by atoms with E-state index < -0.39 is 15.9 Å². The van der Waals surface area contributed by atoms with Crippen LogP contribution in [0.25, 0.3) is 4.85 Å². The molecule has 2 aliphatic heterocycles. The first kappa shape index (κ1) is 23.2. The topological polar surface area (TPSA) is 117 Å². The van der Waals surface area contributed by atoms with Crippen molar-refractivity contribution in [3.8, 4) is 0 Å². The molecule has 3 rings (SSSR count). The van der Waals surface area contributed by atoms with E-state index >= 15 is 0 Å². The molecule has 1 amide bonds. The molecule has 0 atom stereocenters. The van der Waals surface area contributed by atoms with Crippen LogP contribution in [-0.2, 0) is 24.3 Å². The lowest BCUT2D eigenvalue weighted by molar-refractivity contribution is -0.119. The van der Waals surface area contributed by atoms with Gasteiger partial charge in [0.2, 0.25) is 10.0 Å². The van der Waals surface area contributed by atoms with Gasteiger partial charge in [-0.3, -0.25) is 15.6 Å². The van der Waals surface area contributed by atoms with Crippen LogP contribution in [0.1, 0.15) is 0 Å². The first-order chi connectivity index (χ1) is 14.9. The Hall–Kier alpha value is -2.50. The third kappa shape index (κ3) is 6.02. The highest BCUT2D eigenvalue weighted by molar-refractivity contribution is 7.89. The number of benzene rings is 1. The van der Waals surface area contributed by atoms with Crippen LogP contribution in [0.3, 0.4) is 0 Å². The summed E-state index contributed by atoms with van der Waals surface area (Å²) in [6, 6.07) is 4.85. The van der Waals surface area contributed by atoms with E-state index in [1.165, 1.54) is 10.4 Å². The smallest absolute Gasteiger partial charge is 0.318 e. The molecule has 2 fully saturated rings. The summed E-state index contributed by atoms with van der Waals surface area (Å²) >= 11 is 5.23. The van der Waals surface area contributed by atoms with Crippen molar-refractivity contribution < 1.29 is 22.7 Å². The molecule has 0 spiro atoms. The van der Waals surface area contributed by atoms with Gasteiger partial charge >= 0.3 is 5.91 Å². The first-order valence-electron chi connectivity index (χ1n) is 9.65. The van der Waals surface area contributed by atoms with Gasteiger partial charge < -0.3 is 24.5 Å². The van der Waals surface area contributed by atoms with E-state index in [1.807, 2.05) is 0 Å². The highest BCUT2D eigenvalue weighted by atomic mass is 32.2. The monoisotopic (exact) mass is 468 g/mol. The fraction of sp³-hybridized carbons (Fsp3) is 0.500. The number of sulfonamides is 1. The van der Waals surface area contributed by atoms with E-state index in [0.29, 0.717) is 58.3 Å². The van der Waals surface area contributed by atoms with Crippen LogP contribution in [0.4, 0.5) is 11.4 Å². The SMILES string of the molecule is [C-]#[N+]CC(=O)NNC(=S)Nc1cc(S(=O)(=O)N2CCOCC2)ccc1N1CCOCC1. The van der Waals surface area contributed by atoms with Crippen LogP contribution in [0.15, 0.2) is 23.1 Å². The fourth-order valence-corrected chi connectivity index (χ4v) is 4.78. The van der Waals surface area contributed by atoms with Crippen molar-refractivity contribution in [2.45, 2.75) is 4.90 Å². The molecule has 2 aliphatic rings. The number of thiocarbonyl (C=S) groups is 1. The minimum Gasteiger partial charge on any atom is -0.379 e. The number of morpholine rings is 2. The maximum atomic E-state index is 13.1. The standard InChI is InChI=1S/C18H24N6O5S2/c1-19-13-17(25)21-22-18(30)20-15-12-14(31(26,27)24-6-10-29-11-7-24)2-3-16(15)23-4-8-28-9-5-23/h2-3,12H,4-11,13H2,(H,21,25)(H2,20,22,30). The summed E-state index contributed by atoms with van der Waals surface area (Å²) in [6.07, 6.45) is 0. The average Bonchev–Trinajstić information content (AvgIpc) is 2.79. The van der Waals surface area contributed by atoms with Crippen molar-refractivity contribution in [1.29, 1.82) is 0 Å². The number of nitrogens with zero attached hydrogens (tertiary/aromatic N) is 3. The molecule has 3 N–H and O–H groups in total. The van der Waals surface area contributed by atoms with E-state index in [2.05, 4.69) is 25.9 Å². The highest BCUT2D eigenvalue weighted by Gasteiger charge is 2.28. The van der Waals surface area contributed by atoms with Crippen LogP contribution < -0.4 is 21.1 Å². The summed E-state index contributed by atoms with van der Waals surface area (Å²) in [6.45, 7) is 10.1. The number of ether oxygens (including phenoxy) is 2. The Balaban J connectivity index is 1.84. The molecule has 0 saturated carbocycles. The van der Waals surface area contributed by atoms with Gasteiger partial charge in [-0.2, -0.15) is 4.31 Å². The van der Waals surface area contributed by atoms with Gasteiger partial charge in [0, 0.05) is 26.2 Å². The molecule has 0 radical (unpaired) electrons. The van der Waals surface area contributed by atoms with E-state index in [1.54, 1.807) is 12.1 Å². The van der Waals surface area contributed by atoms with Gasteiger partial charge in [0.1, 0.15) is 0 Å². The molecule has 31 heavy (non-hydrogen) atoms. The number of anilines is 2. The van der Waals surface area contributed by atoms with Crippen LogP contribution in [0, 0.1) is 6.57 Å². The van der Waals surface area contributed by atoms with Crippen molar-refractivity contribution >= 4 is 44.6 Å². The normalized spacial score (nSPS) is 17.5. The number of hydrogen-bond acceptors (Lipinski definition) is 7. The number of amides is 1. The third-order valence-corrected chi connectivity index (χ3v) is 6.81. The molecule has 168 valence electrons. The van der Waals surface area contributed by atoms with Crippen molar-refractivity contribution in [1.82, 2.24) is 15.2 Å². The molecule has 0 unspecified atom stereocenters. The summed E-state index contributed by atoms with van der Waals surface area (Å²) in [5.74, 6) is -0.531. The van der Waals surface area contributed by atoms with Gasteiger partial charge in [-0.25, -0.2) is 15.0 Å². The largest absolute Gasteiger partial charge is 0.379 e. The zero-order chi connectivity index (χ0) is 22.3. The Morgan fingerprint density at radius 1 is 1.10 bits per heavy atom. The van der Waals surface area contributed by atoms with Gasteiger partial charge in [-0.05, 0) is 30.4 Å². The molecule has 11 nitrogen and oxygen atoms in total. The van der Waals surface area contributed by atoms with Gasteiger partial charge in [-0.1, -0.05) is 0 Å². The Kier molecular flexibility index (Phi) is 7.99. The number of rotatable bonds is 5. The summed E-state index contributed by atoms with van der Waals surface area (Å²) in [5.41, 5.74) is 6.09. The summed E-state index contributed by atoms with van der Waals surface area (Å²) in [7, 11) is -3.70. The molecule has 13 heteroatoms. The van der Waals surface area contributed by atoms with E-state index in [4.69, 9.17) is 28.3 Å². The predicted octanol–water partition coefficient (Wildman–Crippen LogP) is -0.219. The lowest BCUT2D eigenvalue weighted by atomic mass is 10.2. The van der Waals surface area contributed by atoms with Crippen molar-refractivity contribution in [2.24, 2.45) is 0 Å². The fourth-order valence-electron chi connectivity index (χ4n) is 3.18. The second-order valence-electron chi connectivity index (χ2n) is 6.74. The predicted molar refractivity (Wildman–Crippen MR) is 118 cm³/mol. The number of carbonyl (C=O) groups excluding carboxylic acids is 1. The Morgan fingerprint density at radius 2 is 1.74 bits per heavy atom. The van der Waals surface area contributed by atoms with E-state index in [9.17, 15) is 13.2 Å². The maximum Gasteiger partial charge on any atom is 0.318 e. The third-order valence-electron chi connectivity index (χ3n) is 4.71. The number of hydrogen-bond donors (Lipinski definition) is 3. The molecule has 1 aromatic rings. The highest BCUT2D eigenvalue weighted by Crippen LogP contribution is 2.31. The Morgan fingerprint density at radius 3 is 2.39 bits per heavy atom. The van der Waals surface area contributed by atoms with Crippen LogP contribution >= 0.6 is 12.2 Å². The lowest BCUT2D eigenvalue weighted by Gasteiger charge is -2.31. The molecular formula is C18H24N6O5S2. The van der Waals surface area contributed by atoms with Gasteiger partial charge in [0.15, 0.2) is 5.11 Å². The Labute approximate surface area is 186 Å². The number of nitrogens with one attached hydrogen (secondary N) is 3. The van der Waals surface area contributed by atoms with Crippen LogP contribution in [-0.4, -0.2) is 82.9 Å². The zero-order valence-electron chi connectivity index (χ0n) is 16.8. The minimum absolute atomic E-state index is 0.0637. The van der Waals surface area contributed by atoms with Crippen LogP contribution in [0.2, 0.25) is 0 Å². The molecule has 0 aliphatic carbocycles. The number of carbonyl (C=O) groups is 1. The second-order valence-corrected chi connectivity index (χ2v) is 9.08.